The van der Waals surface area contributed by atoms with Gasteiger partial charge in [-0.15, -0.1) is 0 Å². The van der Waals surface area contributed by atoms with Gasteiger partial charge in [-0.3, -0.25) is 9.88 Å². The zero-order valence-corrected chi connectivity index (χ0v) is 22.1. The number of aliphatic hydroxyl groups excluding tert-OH is 1. The fourth-order valence-electron chi connectivity index (χ4n) is 5.57. The van der Waals surface area contributed by atoms with Gasteiger partial charge >= 0.3 is 0 Å². The molecule has 3 aromatic rings. The van der Waals surface area contributed by atoms with Crippen molar-refractivity contribution in [2.45, 2.75) is 44.1 Å². The van der Waals surface area contributed by atoms with E-state index in [2.05, 4.69) is 38.1 Å². The zero-order chi connectivity index (χ0) is 25.6. The Hall–Kier alpha value is -2.94. The molecule has 2 N–H and O–H groups in total. The number of pyridine rings is 1. The first-order chi connectivity index (χ1) is 18.0. The minimum absolute atomic E-state index is 0.106. The molecule has 3 aliphatic rings. The summed E-state index contributed by atoms with van der Waals surface area (Å²) >= 11 is 6.77. The number of anilines is 3. The summed E-state index contributed by atoms with van der Waals surface area (Å²) in [4.78, 5) is 18.8. The predicted molar refractivity (Wildman–Crippen MR) is 146 cm³/mol. The molecule has 194 valence electrons. The maximum atomic E-state index is 9.96. The van der Waals surface area contributed by atoms with Gasteiger partial charge in [-0.1, -0.05) is 18.5 Å². The number of methoxy groups -OCH3 is 1. The summed E-state index contributed by atoms with van der Waals surface area (Å²) in [5.74, 6) is 1.14. The summed E-state index contributed by atoms with van der Waals surface area (Å²) in [6.45, 7) is 6.25. The van der Waals surface area contributed by atoms with Gasteiger partial charge in [0.05, 0.1) is 35.8 Å². The summed E-state index contributed by atoms with van der Waals surface area (Å²) in [5, 5.41) is 13.9. The highest BCUT2D eigenvalue weighted by Gasteiger charge is 2.35. The Morgan fingerprint density at radius 1 is 1.16 bits per heavy atom. The number of fused-ring (bicyclic) bond motifs is 1. The molecule has 1 saturated heterocycles. The van der Waals surface area contributed by atoms with Crippen LogP contribution in [0.15, 0.2) is 36.7 Å². The normalized spacial score (nSPS) is 21.7. The molecule has 1 saturated carbocycles. The third-order valence-corrected chi connectivity index (χ3v) is 8.37. The van der Waals surface area contributed by atoms with Gasteiger partial charge in [-0.05, 0) is 49.4 Å². The van der Waals surface area contributed by atoms with Gasteiger partial charge < -0.3 is 20.1 Å². The van der Waals surface area contributed by atoms with Crippen LogP contribution in [0, 0.1) is 0 Å². The van der Waals surface area contributed by atoms with Crippen molar-refractivity contribution in [2.75, 3.05) is 50.1 Å². The van der Waals surface area contributed by atoms with Crippen molar-refractivity contribution in [1.82, 2.24) is 19.9 Å². The Bertz CT molecular complexity index is 1310. The third-order valence-electron chi connectivity index (χ3n) is 8.07. The van der Waals surface area contributed by atoms with Crippen molar-refractivity contribution in [1.29, 1.82) is 0 Å². The lowest BCUT2D eigenvalue weighted by Crippen LogP contribution is -2.47. The van der Waals surface area contributed by atoms with Gasteiger partial charge in [0.25, 0.3) is 0 Å². The van der Waals surface area contributed by atoms with Gasteiger partial charge in [0.1, 0.15) is 5.75 Å². The monoisotopic (exact) mass is 520 g/mol. The molecule has 1 atom stereocenters. The number of benzene rings is 1. The molecular formula is C28H33ClN6O2. The number of ether oxygens (including phenoxy) is 1. The summed E-state index contributed by atoms with van der Waals surface area (Å²) in [6.07, 6.45) is 8.04. The van der Waals surface area contributed by atoms with Crippen LogP contribution in [0.3, 0.4) is 0 Å². The molecule has 0 radical (unpaired) electrons. The molecule has 2 aliphatic carbocycles. The van der Waals surface area contributed by atoms with E-state index >= 15 is 0 Å². The molecule has 3 heterocycles. The quantitative estimate of drug-likeness (QED) is 0.473. The van der Waals surface area contributed by atoms with Crippen LogP contribution >= 0.6 is 11.6 Å². The summed E-state index contributed by atoms with van der Waals surface area (Å²) in [5.41, 5.74) is 5.26. The fraction of sp³-hybridized carbons (Fsp3) is 0.464. The number of aromatic nitrogens is 3. The van der Waals surface area contributed by atoms with Gasteiger partial charge in [0.2, 0.25) is 5.95 Å². The van der Waals surface area contributed by atoms with E-state index in [1.54, 1.807) is 13.3 Å². The predicted octanol–water partition coefficient (Wildman–Crippen LogP) is 4.42. The molecule has 0 bridgehead atoms. The first-order valence-electron chi connectivity index (χ1n) is 13.0. The Kier molecular flexibility index (Phi) is 6.42. The molecule has 1 aliphatic heterocycles. The van der Waals surface area contributed by atoms with E-state index in [-0.39, 0.29) is 12.0 Å². The lowest BCUT2D eigenvalue weighted by molar-refractivity contribution is 0.206. The highest BCUT2D eigenvalue weighted by Crippen LogP contribution is 2.40. The first-order valence-corrected chi connectivity index (χ1v) is 13.4. The Morgan fingerprint density at radius 2 is 1.97 bits per heavy atom. The highest BCUT2D eigenvalue weighted by molar-refractivity contribution is 6.33. The minimum Gasteiger partial charge on any atom is -0.494 e. The number of aryl methyl sites for hydroxylation is 1. The zero-order valence-electron chi connectivity index (χ0n) is 21.4. The SMILES string of the molecule is COc1cc(N2CCN(C3CC3)CC2)c(Cl)cc1Nc1nccc(-c2cnc3c(c2)C(C)(CO)CC3)n1. The number of hydrogen-bond acceptors (Lipinski definition) is 8. The van der Waals surface area contributed by atoms with Crippen molar-refractivity contribution >= 4 is 28.9 Å². The molecule has 1 aromatic carbocycles. The molecule has 0 spiro atoms. The smallest absolute Gasteiger partial charge is 0.227 e. The number of nitrogens with zero attached hydrogens (tertiary/aromatic N) is 5. The van der Waals surface area contributed by atoms with Crippen LogP contribution in [0.2, 0.25) is 5.02 Å². The van der Waals surface area contributed by atoms with E-state index in [4.69, 9.17) is 21.3 Å². The summed E-state index contributed by atoms with van der Waals surface area (Å²) in [7, 11) is 1.66. The third kappa shape index (κ3) is 4.74. The number of aliphatic hydroxyl groups is 1. The van der Waals surface area contributed by atoms with E-state index in [9.17, 15) is 5.11 Å². The van der Waals surface area contributed by atoms with Gasteiger partial charge in [0.15, 0.2) is 0 Å². The second-order valence-corrected chi connectivity index (χ2v) is 11.0. The van der Waals surface area contributed by atoms with Crippen molar-refractivity contribution in [3.8, 4) is 17.0 Å². The van der Waals surface area contributed by atoms with Crippen LogP contribution in [0.25, 0.3) is 11.3 Å². The second-order valence-electron chi connectivity index (χ2n) is 10.6. The Morgan fingerprint density at radius 3 is 2.70 bits per heavy atom. The van der Waals surface area contributed by atoms with E-state index in [0.29, 0.717) is 22.4 Å². The number of halogens is 1. The molecule has 6 rings (SSSR count). The largest absolute Gasteiger partial charge is 0.494 e. The standard InChI is InChI=1S/C28H33ClN6O2/c1-28(17-36)7-5-23-20(28)13-18(16-31-23)22-6-8-30-27(32-22)33-24-14-21(29)25(15-26(24)37-2)35-11-9-34(10-12-35)19-3-4-19/h6,8,13-16,19,36H,3-5,7,9-12,17H2,1-2H3,(H,30,32,33). The van der Waals surface area contributed by atoms with Crippen LogP contribution in [-0.2, 0) is 11.8 Å². The molecule has 9 heteroatoms. The van der Waals surface area contributed by atoms with Crippen molar-refractivity contribution in [3.63, 3.8) is 0 Å². The molecule has 2 fully saturated rings. The average Bonchev–Trinajstić information content (AvgIpc) is 3.73. The minimum atomic E-state index is -0.261. The van der Waals surface area contributed by atoms with Crippen LogP contribution in [0.1, 0.15) is 37.4 Å². The van der Waals surface area contributed by atoms with E-state index in [1.807, 2.05) is 24.4 Å². The first kappa shape index (κ1) is 24.4. The maximum Gasteiger partial charge on any atom is 0.227 e. The van der Waals surface area contributed by atoms with Crippen LogP contribution in [-0.4, -0.2) is 70.9 Å². The van der Waals surface area contributed by atoms with E-state index in [0.717, 1.165) is 73.3 Å². The van der Waals surface area contributed by atoms with E-state index < -0.39 is 0 Å². The number of rotatable bonds is 7. The van der Waals surface area contributed by atoms with Gasteiger partial charge in [-0.25, -0.2) is 9.97 Å². The van der Waals surface area contributed by atoms with Crippen molar-refractivity contribution in [2.24, 2.45) is 0 Å². The molecular weight excluding hydrogens is 488 g/mol. The van der Waals surface area contributed by atoms with Crippen LogP contribution in [0.5, 0.6) is 5.75 Å². The maximum absolute atomic E-state index is 9.96. The van der Waals surface area contributed by atoms with Crippen LogP contribution < -0.4 is 15.0 Å². The topological polar surface area (TPSA) is 86.6 Å². The van der Waals surface area contributed by atoms with Gasteiger partial charge in [0, 0.05) is 67.4 Å². The molecule has 1 unspecified atom stereocenters. The molecule has 0 amide bonds. The number of piperazine rings is 1. The van der Waals surface area contributed by atoms with Crippen LogP contribution in [0.4, 0.5) is 17.3 Å². The fourth-order valence-corrected chi connectivity index (χ4v) is 5.85. The Balaban J connectivity index is 1.23. The lowest BCUT2D eigenvalue weighted by atomic mass is 9.85. The summed E-state index contributed by atoms with van der Waals surface area (Å²) in [6, 6.07) is 8.66. The lowest BCUT2D eigenvalue weighted by Gasteiger charge is -2.36. The van der Waals surface area contributed by atoms with Gasteiger partial charge in [-0.2, -0.15) is 0 Å². The van der Waals surface area contributed by atoms with E-state index in [1.165, 1.54) is 12.8 Å². The second kappa shape index (κ2) is 9.74. The molecule has 2 aromatic heterocycles. The average molecular weight is 521 g/mol. The molecule has 8 nitrogen and oxygen atoms in total. The number of hydrogen-bond donors (Lipinski definition) is 2. The van der Waals surface area contributed by atoms with Crippen molar-refractivity contribution in [3.05, 3.63) is 52.9 Å². The number of nitrogens with one attached hydrogen (secondary N) is 1. The molecule has 37 heavy (non-hydrogen) atoms. The summed E-state index contributed by atoms with van der Waals surface area (Å²) < 4.78 is 5.73. The Labute approximate surface area is 222 Å². The van der Waals surface area contributed by atoms with Crippen molar-refractivity contribution < 1.29 is 9.84 Å². The highest BCUT2D eigenvalue weighted by atomic mass is 35.5.